The third-order valence-electron chi connectivity index (χ3n) is 2.73. The number of nitrogens with zero attached hydrogens (tertiary/aromatic N) is 2. The highest BCUT2D eigenvalue weighted by atomic mass is 19.1. The zero-order valence-electron chi connectivity index (χ0n) is 11.8. The van der Waals surface area contributed by atoms with Gasteiger partial charge in [0.2, 0.25) is 5.88 Å². The van der Waals surface area contributed by atoms with Crippen LogP contribution in [0.3, 0.4) is 0 Å². The monoisotopic (exact) mass is 275 g/mol. The maximum Gasteiger partial charge on any atom is 0.218 e. The van der Waals surface area contributed by atoms with Crippen molar-refractivity contribution in [1.29, 1.82) is 0 Å². The molecule has 0 saturated heterocycles. The maximum absolute atomic E-state index is 12.9. The van der Waals surface area contributed by atoms with E-state index in [2.05, 4.69) is 15.3 Å². The van der Waals surface area contributed by atoms with Crippen LogP contribution in [0.15, 0.2) is 36.7 Å². The van der Waals surface area contributed by atoms with Crippen molar-refractivity contribution < 1.29 is 9.13 Å². The first kappa shape index (κ1) is 14.2. The fourth-order valence-corrected chi connectivity index (χ4v) is 1.78. The number of hydrogen-bond donors (Lipinski definition) is 1. The summed E-state index contributed by atoms with van der Waals surface area (Å²) in [5.74, 6) is 0.965. The van der Waals surface area contributed by atoms with Crippen molar-refractivity contribution >= 4 is 5.82 Å². The Labute approximate surface area is 118 Å². The van der Waals surface area contributed by atoms with E-state index in [4.69, 9.17) is 4.74 Å². The average Bonchev–Trinajstić information content (AvgIpc) is 2.39. The molecule has 0 aliphatic carbocycles. The van der Waals surface area contributed by atoms with Crippen LogP contribution in [0.2, 0.25) is 0 Å². The normalized spacial score (nSPS) is 12.2. The highest BCUT2D eigenvalue weighted by Gasteiger charge is 2.08. The number of rotatable bonds is 5. The van der Waals surface area contributed by atoms with E-state index in [1.165, 1.54) is 18.5 Å². The van der Waals surface area contributed by atoms with Crippen molar-refractivity contribution in [3.63, 3.8) is 0 Å². The van der Waals surface area contributed by atoms with Gasteiger partial charge in [-0.2, -0.15) is 0 Å². The fourth-order valence-electron chi connectivity index (χ4n) is 1.78. The largest absolute Gasteiger partial charge is 0.475 e. The van der Waals surface area contributed by atoms with Crippen LogP contribution in [-0.4, -0.2) is 16.1 Å². The second-order valence-electron chi connectivity index (χ2n) is 4.83. The summed E-state index contributed by atoms with van der Waals surface area (Å²) >= 11 is 0. The van der Waals surface area contributed by atoms with Crippen LogP contribution >= 0.6 is 0 Å². The Balaban J connectivity index is 2.07. The van der Waals surface area contributed by atoms with Gasteiger partial charge in [-0.1, -0.05) is 12.1 Å². The SMILES string of the molecule is CC(C)Oc1cc(NC(C)c2ccc(F)cc2)ncn1. The third kappa shape index (κ3) is 3.91. The summed E-state index contributed by atoms with van der Waals surface area (Å²) < 4.78 is 18.4. The quantitative estimate of drug-likeness (QED) is 0.906. The van der Waals surface area contributed by atoms with Gasteiger partial charge in [0.05, 0.1) is 6.10 Å². The van der Waals surface area contributed by atoms with Crippen molar-refractivity contribution in [3.05, 3.63) is 48.0 Å². The number of aromatic nitrogens is 2. The smallest absolute Gasteiger partial charge is 0.218 e. The number of benzene rings is 1. The summed E-state index contributed by atoms with van der Waals surface area (Å²) in [4.78, 5) is 8.20. The van der Waals surface area contributed by atoms with Crippen LogP contribution in [0.5, 0.6) is 5.88 Å². The predicted octanol–water partition coefficient (Wildman–Crippen LogP) is 3.58. The number of anilines is 1. The van der Waals surface area contributed by atoms with Crippen LogP contribution < -0.4 is 10.1 Å². The van der Waals surface area contributed by atoms with Gasteiger partial charge in [0, 0.05) is 12.1 Å². The molecule has 106 valence electrons. The van der Waals surface area contributed by atoms with Gasteiger partial charge < -0.3 is 10.1 Å². The minimum atomic E-state index is -0.240. The maximum atomic E-state index is 12.9. The highest BCUT2D eigenvalue weighted by Crippen LogP contribution is 2.20. The standard InChI is InChI=1S/C15H18FN3O/c1-10(2)20-15-8-14(17-9-18-15)19-11(3)12-4-6-13(16)7-5-12/h4-11H,1-3H3,(H,17,18,19). The van der Waals surface area contributed by atoms with E-state index in [9.17, 15) is 4.39 Å². The molecule has 1 atom stereocenters. The molecule has 0 saturated carbocycles. The van der Waals surface area contributed by atoms with E-state index in [0.29, 0.717) is 11.7 Å². The first-order chi connectivity index (χ1) is 9.54. The van der Waals surface area contributed by atoms with E-state index >= 15 is 0 Å². The number of hydrogen-bond acceptors (Lipinski definition) is 4. The lowest BCUT2D eigenvalue weighted by Gasteiger charge is -2.15. The lowest BCUT2D eigenvalue weighted by Crippen LogP contribution is -2.10. The van der Waals surface area contributed by atoms with Gasteiger partial charge in [-0.15, -0.1) is 0 Å². The van der Waals surface area contributed by atoms with Crippen LogP contribution in [0.4, 0.5) is 10.2 Å². The average molecular weight is 275 g/mol. The van der Waals surface area contributed by atoms with Crippen molar-refractivity contribution in [3.8, 4) is 5.88 Å². The summed E-state index contributed by atoms with van der Waals surface area (Å²) in [6.07, 6.45) is 1.52. The highest BCUT2D eigenvalue weighted by molar-refractivity contribution is 5.40. The van der Waals surface area contributed by atoms with Gasteiger partial charge >= 0.3 is 0 Å². The minimum Gasteiger partial charge on any atom is -0.475 e. The second kappa shape index (κ2) is 6.32. The molecule has 1 N–H and O–H groups in total. The first-order valence-corrected chi connectivity index (χ1v) is 6.55. The Morgan fingerprint density at radius 2 is 1.80 bits per heavy atom. The Hall–Kier alpha value is -2.17. The lowest BCUT2D eigenvalue weighted by atomic mass is 10.1. The molecule has 2 rings (SSSR count). The van der Waals surface area contributed by atoms with E-state index in [0.717, 1.165) is 5.56 Å². The molecule has 0 spiro atoms. The molecule has 0 amide bonds. The fraction of sp³-hybridized carbons (Fsp3) is 0.333. The molecular weight excluding hydrogens is 257 g/mol. The van der Waals surface area contributed by atoms with Crippen LogP contribution in [0.1, 0.15) is 32.4 Å². The molecular formula is C15H18FN3O. The van der Waals surface area contributed by atoms with Crippen molar-refractivity contribution in [2.24, 2.45) is 0 Å². The minimum absolute atomic E-state index is 0.0115. The summed E-state index contributed by atoms with van der Waals surface area (Å²) in [6, 6.07) is 8.15. The molecule has 0 aliphatic rings. The number of nitrogens with one attached hydrogen (secondary N) is 1. The molecule has 1 heterocycles. The molecule has 1 unspecified atom stereocenters. The molecule has 1 aromatic heterocycles. The van der Waals surface area contributed by atoms with E-state index in [1.807, 2.05) is 20.8 Å². The molecule has 20 heavy (non-hydrogen) atoms. The Morgan fingerprint density at radius 3 is 2.45 bits per heavy atom. The van der Waals surface area contributed by atoms with Gasteiger partial charge in [0.1, 0.15) is 18.0 Å². The topological polar surface area (TPSA) is 47.0 Å². The zero-order chi connectivity index (χ0) is 14.5. The van der Waals surface area contributed by atoms with Crippen molar-refractivity contribution in [1.82, 2.24) is 9.97 Å². The Kier molecular flexibility index (Phi) is 4.50. The molecule has 0 aliphatic heterocycles. The molecule has 0 bridgehead atoms. The molecule has 1 aromatic carbocycles. The number of ether oxygens (including phenoxy) is 1. The van der Waals surface area contributed by atoms with Gasteiger partial charge in [-0.3, -0.25) is 0 Å². The van der Waals surface area contributed by atoms with Gasteiger partial charge in [0.25, 0.3) is 0 Å². The van der Waals surface area contributed by atoms with Crippen LogP contribution in [0.25, 0.3) is 0 Å². The number of halogens is 1. The summed E-state index contributed by atoms with van der Waals surface area (Å²) in [7, 11) is 0. The molecule has 0 radical (unpaired) electrons. The predicted molar refractivity (Wildman–Crippen MR) is 76.2 cm³/mol. The van der Waals surface area contributed by atoms with Crippen LogP contribution in [0, 0.1) is 5.82 Å². The van der Waals surface area contributed by atoms with E-state index in [-0.39, 0.29) is 18.0 Å². The Bertz CT molecular complexity index is 557. The van der Waals surface area contributed by atoms with Gasteiger partial charge in [0.15, 0.2) is 0 Å². The lowest BCUT2D eigenvalue weighted by molar-refractivity contribution is 0.232. The molecule has 4 nitrogen and oxygen atoms in total. The van der Waals surface area contributed by atoms with Gasteiger partial charge in [-0.25, -0.2) is 14.4 Å². The van der Waals surface area contributed by atoms with E-state index in [1.54, 1.807) is 18.2 Å². The summed E-state index contributed by atoms with van der Waals surface area (Å²) in [5, 5.41) is 3.24. The zero-order valence-corrected chi connectivity index (χ0v) is 11.8. The third-order valence-corrected chi connectivity index (χ3v) is 2.73. The van der Waals surface area contributed by atoms with Crippen molar-refractivity contribution in [2.75, 3.05) is 5.32 Å². The van der Waals surface area contributed by atoms with Crippen LogP contribution in [-0.2, 0) is 0 Å². The second-order valence-corrected chi connectivity index (χ2v) is 4.83. The summed E-state index contributed by atoms with van der Waals surface area (Å²) in [6.45, 7) is 5.87. The van der Waals surface area contributed by atoms with Gasteiger partial charge in [-0.05, 0) is 38.5 Å². The first-order valence-electron chi connectivity index (χ1n) is 6.55. The molecule has 5 heteroatoms. The van der Waals surface area contributed by atoms with E-state index < -0.39 is 0 Å². The summed E-state index contributed by atoms with van der Waals surface area (Å²) in [5.41, 5.74) is 0.983. The van der Waals surface area contributed by atoms with Crippen molar-refractivity contribution in [2.45, 2.75) is 32.9 Å². The Morgan fingerprint density at radius 1 is 1.10 bits per heavy atom. The molecule has 2 aromatic rings. The molecule has 0 fully saturated rings.